The van der Waals surface area contributed by atoms with Gasteiger partial charge in [-0.15, -0.1) is 0 Å². The number of alkyl halides is 1. The van der Waals surface area contributed by atoms with Crippen molar-refractivity contribution < 1.29 is 18.7 Å². The van der Waals surface area contributed by atoms with E-state index in [2.05, 4.69) is 11.9 Å². The maximum atomic E-state index is 13.1. The van der Waals surface area contributed by atoms with Crippen molar-refractivity contribution >= 4 is 6.09 Å². The van der Waals surface area contributed by atoms with Gasteiger partial charge < -0.3 is 14.8 Å². The van der Waals surface area contributed by atoms with Crippen LogP contribution in [0.3, 0.4) is 0 Å². The van der Waals surface area contributed by atoms with Crippen LogP contribution in [0.2, 0.25) is 0 Å². The van der Waals surface area contributed by atoms with E-state index < -0.39 is 23.4 Å². The largest absolute Gasteiger partial charge is 0.496 e. The highest BCUT2D eigenvalue weighted by atomic mass is 19.1. The molecule has 1 rings (SSSR count). The molecule has 4 nitrogen and oxygen atoms in total. The molecule has 0 unspecified atom stereocenters. The van der Waals surface area contributed by atoms with Gasteiger partial charge in [-0.05, 0) is 27.7 Å². The van der Waals surface area contributed by atoms with Crippen LogP contribution in [0, 0.1) is 0 Å². The Morgan fingerprint density at radius 2 is 2.06 bits per heavy atom. The third kappa shape index (κ3) is 3.62. The number of carbonyl (C=O) groups is 1. The molecule has 5 heteroatoms. The fraction of sp³-hybridized carbons (Fsp3) is 0.769. The summed E-state index contributed by atoms with van der Waals surface area (Å²) in [6.07, 6.45) is -1.14. The Morgan fingerprint density at radius 1 is 1.50 bits per heavy atom. The van der Waals surface area contributed by atoms with Crippen LogP contribution in [0.25, 0.3) is 0 Å². The number of hydrogen-bond donors (Lipinski definition) is 1. The van der Waals surface area contributed by atoms with Gasteiger partial charge in [0.25, 0.3) is 0 Å². The van der Waals surface area contributed by atoms with Crippen molar-refractivity contribution in [1.29, 1.82) is 0 Å². The van der Waals surface area contributed by atoms with Gasteiger partial charge in [0.15, 0.2) is 0 Å². The van der Waals surface area contributed by atoms with Crippen molar-refractivity contribution in [3.05, 3.63) is 12.3 Å². The second-order valence-electron chi connectivity index (χ2n) is 5.57. The van der Waals surface area contributed by atoms with Crippen LogP contribution in [0.1, 0.15) is 40.5 Å². The van der Waals surface area contributed by atoms with E-state index in [0.717, 1.165) is 0 Å². The Morgan fingerprint density at radius 3 is 2.44 bits per heavy atom. The number of carbonyl (C=O) groups excluding carboxylic acids is 1. The maximum Gasteiger partial charge on any atom is 0.408 e. The molecule has 1 aliphatic carbocycles. The number of amides is 1. The predicted molar refractivity (Wildman–Crippen MR) is 67.0 cm³/mol. The zero-order valence-corrected chi connectivity index (χ0v) is 11.5. The van der Waals surface area contributed by atoms with Crippen LogP contribution in [-0.4, -0.2) is 30.0 Å². The van der Waals surface area contributed by atoms with Crippen molar-refractivity contribution in [1.82, 2.24) is 5.32 Å². The number of halogens is 1. The van der Waals surface area contributed by atoms with E-state index in [1.165, 1.54) is 0 Å². The first-order valence-corrected chi connectivity index (χ1v) is 6.16. The molecule has 0 radical (unpaired) electrons. The molecule has 1 amide bonds. The highest BCUT2D eigenvalue weighted by molar-refractivity contribution is 5.69. The lowest BCUT2D eigenvalue weighted by atomic mass is 9.74. The molecule has 1 fully saturated rings. The topological polar surface area (TPSA) is 47.6 Å². The van der Waals surface area contributed by atoms with Crippen molar-refractivity contribution in [3.8, 4) is 0 Å². The molecule has 18 heavy (non-hydrogen) atoms. The molecule has 0 heterocycles. The van der Waals surface area contributed by atoms with E-state index in [-0.39, 0.29) is 12.8 Å². The van der Waals surface area contributed by atoms with Crippen molar-refractivity contribution in [3.63, 3.8) is 0 Å². The van der Waals surface area contributed by atoms with Gasteiger partial charge in [-0.2, -0.15) is 0 Å². The smallest absolute Gasteiger partial charge is 0.408 e. The number of nitrogens with one attached hydrogen (secondary N) is 1. The zero-order chi connectivity index (χ0) is 14.0. The standard InChI is InChI=1S/C13H22FNO3/c1-6-17-9(2)13(7-10(14)8-13)15-11(16)18-12(3,4)5/h10H,2,6-8H2,1,3-5H3,(H,15,16)/t10-,13-. The molecular formula is C13H22FNO3. The Labute approximate surface area is 108 Å². The minimum absolute atomic E-state index is 0.186. The second-order valence-corrected chi connectivity index (χ2v) is 5.57. The lowest BCUT2D eigenvalue weighted by Gasteiger charge is -2.45. The SMILES string of the molecule is C=C(OCC)[C@]1(NC(=O)OC(C)(C)C)C[C@H](F)C1. The fourth-order valence-electron chi connectivity index (χ4n) is 1.91. The van der Waals surface area contributed by atoms with Gasteiger partial charge in [-0.3, -0.25) is 0 Å². The number of alkyl carbamates (subject to hydrolysis) is 1. The highest BCUT2D eigenvalue weighted by Gasteiger charge is 2.50. The summed E-state index contributed by atoms with van der Waals surface area (Å²) >= 11 is 0. The number of hydrogen-bond acceptors (Lipinski definition) is 3. The van der Waals surface area contributed by atoms with Crippen molar-refractivity contribution in [2.24, 2.45) is 0 Å². The average molecular weight is 259 g/mol. The lowest BCUT2D eigenvalue weighted by Crippen LogP contribution is -2.60. The summed E-state index contributed by atoms with van der Waals surface area (Å²) in [7, 11) is 0. The minimum Gasteiger partial charge on any atom is -0.496 e. The summed E-state index contributed by atoms with van der Waals surface area (Å²) in [6.45, 7) is 11.3. The summed E-state index contributed by atoms with van der Waals surface area (Å²) in [5.41, 5.74) is -1.41. The predicted octanol–water partition coefficient (Wildman–Crippen LogP) is 2.93. The molecule has 0 aromatic heterocycles. The summed E-state index contributed by atoms with van der Waals surface area (Å²) in [5.74, 6) is 0.393. The fourth-order valence-corrected chi connectivity index (χ4v) is 1.91. The molecular weight excluding hydrogens is 237 g/mol. The van der Waals surface area contributed by atoms with E-state index in [1.807, 2.05) is 6.92 Å². The van der Waals surface area contributed by atoms with Crippen molar-refractivity contribution in [2.75, 3.05) is 6.61 Å². The third-order valence-electron chi connectivity index (χ3n) is 2.73. The van der Waals surface area contributed by atoms with Crippen LogP contribution in [0.4, 0.5) is 9.18 Å². The Hall–Kier alpha value is -1.26. The van der Waals surface area contributed by atoms with E-state index in [1.54, 1.807) is 20.8 Å². The molecule has 0 aliphatic heterocycles. The maximum absolute atomic E-state index is 13.1. The van der Waals surface area contributed by atoms with Crippen LogP contribution < -0.4 is 5.32 Å². The molecule has 0 aromatic rings. The third-order valence-corrected chi connectivity index (χ3v) is 2.73. The van der Waals surface area contributed by atoms with Gasteiger partial charge in [0.2, 0.25) is 0 Å². The Kier molecular flexibility index (Phi) is 4.24. The average Bonchev–Trinajstić information content (AvgIpc) is 2.11. The quantitative estimate of drug-likeness (QED) is 0.790. The molecule has 0 saturated heterocycles. The van der Waals surface area contributed by atoms with Gasteiger partial charge in [-0.25, -0.2) is 9.18 Å². The van der Waals surface area contributed by atoms with E-state index >= 15 is 0 Å². The monoisotopic (exact) mass is 259 g/mol. The zero-order valence-electron chi connectivity index (χ0n) is 11.5. The minimum atomic E-state index is -0.933. The second kappa shape index (κ2) is 5.16. The van der Waals surface area contributed by atoms with Gasteiger partial charge in [0.1, 0.15) is 23.1 Å². The lowest BCUT2D eigenvalue weighted by molar-refractivity contribution is 0.0124. The summed E-state index contributed by atoms with van der Waals surface area (Å²) in [4.78, 5) is 11.7. The normalized spacial score (nSPS) is 27.1. The van der Waals surface area contributed by atoms with Gasteiger partial charge in [0, 0.05) is 12.8 Å². The first-order chi connectivity index (χ1) is 8.18. The molecule has 104 valence electrons. The van der Waals surface area contributed by atoms with Crippen LogP contribution in [0.5, 0.6) is 0 Å². The van der Waals surface area contributed by atoms with E-state index in [0.29, 0.717) is 12.4 Å². The van der Waals surface area contributed by atoms with E-state index in [4.69, 9.17) is 9.47 Å². The van der Waals surface area contributed by atoms with Gasteiger partial charge >= 0.3 is 6.09 Å². The first-order valence-electron chi connectivity index (χ1n) is 6.16. The molecule has 1 aliphatic rings. The van der Waals surface area contributed by atoms with Gasteiger partial charge in [-0.1, -0.05) is 6.58 Å². The van der Waals surface area contributed by atoms with Crippen LogP contribution in [-0.2, 0) is 9.47 Å². The molecule has 0 aromatic carbocycles. The Balaban J connectivity index is 2.64. The molecule has 0 atom stereocenters. The highest BCUT2D eigenvalue weighted by Crippen LogP contribution is 2.40. The number of ether oxygens (including phenoxy) is 2. The van der Waals surface area contributed by atoms with Crippen LogP contribution >= 0.6 is 0 Å². The summed E-state index contributed by atoms with van der Waals surface area (Å²) in [6, 6.07) is 0. The summed E-state index contributed by atoms with van der Waals surface area (Å²) < 4.78 is 23.6. The first kappa shape index (κ1) is 14.8. The number of rotatable bonds is 4. The van der Waals surface area contributed by atoms with E-state index in [9.17, 15) is 9.18 Å². The summed E-state index contributed by atoms with van der Waals surface area (Å²) in [5, 5.41) is 2.68. The Bertz CT molecular complexity index is 330. The molecule has 0 bridgehead atoms. The molecule has 1 N–H and O–H groups in total. The molecule has 0 spiro atoms. The van der Waals surface area contributed by atoms with Crippen LogP contribution in [0.15, 0.2) is 12.3 Å². The van der Waals surface area contributed by atoms with Crippen molar-refractivity contribution in [2.45, 2.75) is 57.8 Å². The molecule has 1 saturated carbocycles. The van der Waals surface area contributed by atoms with Gasteiger partial charge in [0.05, 0.1) is 6.61 Å².